The average Bonchev–Trinajstić information content (AvgIpc) is 2.77. The molecule has 0 aliphatic heterocycles. The van der Waals surface area contributed by atoms with Gasteiger partial charge in [-0.05, 0) is 16.8 Å². The number of halogens is 1. The number of nitrogens with one attached hydrogen (secondary N) is 1. The largest absolute Gasteiger partial charge is 0.480 e. The van der Waals surface area contributed by atoms with Crippen LogP contribution >= 0.6 is 15.9 Å². The fourth-order valence-corrected chi connectivity index (χ4v) is 2.14. The number of hydrogen-bond donors (Lipinski definition) is 2. The first-order chi connectivity index (χ1) is 9.08. The maximum atomic E-state index is 11.3. The summed E-state index contributed by atoms with van der Waals surface area (Å²) in [5.41, 5.74) is 0.652. The molecule has 0 aliphatic rings. The first kappa shape index (κ1) is 13.6. The first-order valence-corrected chi connectivity index (χ1v) is 6.30. The fraction of sp³-hybridized carbons (Fsp3) is 0.273. The van der Waals surface area contributed by atoms with Crippen molar-refractivity contribution in [3.8, 4) is 0 Å². The average molecular weight is 326 g/mol. The van der Waals surface area contributed by atoms with E-state index in [1.807, 2.05) is 6.07 Å². The van der Waals surface area contributed by atoms with E-state index < -0.39 is 12.0 Å². The van der Waals surface area contributed by atoms with Crippen LogP contribution in [0.3, 0.4) is 0 Å². The summed E-state index contributed by atoms with van der Waals surface area (Å²) < 4.78 is 0.738. The zero-order chi connectivity index (χ0) is 13.8. The van der Waals surface area contributed by atoms with E-state index in [1.54, 1.807) is 25.2 Å². The maximum Gasteiger partial charge on any atom is 0.325 e. The Hall–Kier alpha value is -1.80. The molecule has 19 heavy (non-hydrogen) atoms. The van der Waals surface area contributed by atoms with Crippen molar-refractivity contribution in [1.82, 2.24) is 25.5 Å². The number of aromatic nitrogens is 4. The second-order valence-corrected chi connectivity index (χ2v) is 4.72. The summed E-state index contributed by atoms with van der Waals surface area (Å²) in [6.45, 7) is 0.228. The molecule has 0 radical (unpaired) electrons. The van der Waals surface area contributed by atoms with Gasteiger partial charge in [-0.15, -0.1) is 10.2 Å². The fourth-order valence-electron chi connectivity index (χ4n) is 1.63. The van der Waals surface area contributed by atoms with Crippen molar-refractivity contribution in [2.75, 3.05) is 0 Å². The Balaban J connectivity index is 2.13. The molecule has 1 atom stereocenters. The van der Waals surface area contributed by atoms with Gasteiger partial charge in [-0.1, -0.05) is 34.1 Å². The van der Waals surface area contributed by atoms with Gasteiger partial charge in [0, 0.05) is 4.47 Å². The molecule has 1 aromatic carbocycles. The van der Waals surface area contributed by atoms with Crippen LogP contribution in [0.4, 0.5) is 0 Å². The third-order valence-electron chi connectivity index (χ3n) is 2.48. The van der Waals surface area contributed by atoms with Gasteiger partial charge in [0.25, 0.3) is 0 Å². The van der Waals surface area contributed by atoms with Crippen molar-refractivity contribution in [2.45, 2.75) is 12.6 Å². The standard InChI is InChI=1S/C11H12BrN5O2/c1-17-15-9(14-16-17)6-13-10(11(18)19)7-4-2-3-5-8(7)12/h2-5,10,13H,6H2,1H3,(H,18,19). The van der Waals surface area contributed by atoms with Crippen molar-refractivity contribution in [3.63, 3.8) is 0 Å². The number of carboxylic acids is 1. The van der Waals surface area contributed by atoms with Gasteiger partial charge in [0.05, 0.1) is 13.6 Å². The molecule has 2 N–H and O–H groups in total. The normalized spacial score (nSPS) is 12.3. The molecule has 1 unspecified atom stereocenters. The lowest BCUT2D eigenvalue weighted by molar-refractivity contribution is -0.139. The number of hydrogen-bond acceptors (Lipinski definition) is 5. The Morgan fingerprint density at radius 3 is 2.84 bits per heavy atom. The van der Waals surface area contributed by atoms with Crippen LogP contribution < -0.4 is 5.32 Å². The Morgan fingerprint density at radius 1 is 1.53 bits per heavy atom. The maximum absolute atomic E-state index is 11.3. The molecule has 0 spiro atoms. The highest BCUT2D eigenvalue weighted by atomic mass is 79.9. The Morgan fingerprint density at radius 2 is 2.26 bits per heavy atom. The van der Waals surface area contributed by atoms with E-state index in [4.69, 9.17) is 0 Å². The summed E-state index contributed by atoms with van der Waals surface area (Å²) in [5, 5.41) is 23.7. The van der Waals surface area contributed by atoms with Gasteiger partial charge in [-0.25, -0.2) is 0 Å². The predicted octanol–water partition coefficient (Wildman–Crippen LogP) is 0.888. The van der Waals surface area contributed by atoms with Gasteiger partial charge in [-0.2, -0.15) is 4.80 Å². The number of carboxylic acid groups (broad SMARTS) is 1. The smallest absolute Gasteiger partial charge is 0.325 e. The zero-order valence-electron chi connectivity index (χ0n) is 10.1. The predicted molar refractivity (Wildman–Crippen MR) is 70.2 cm³/mol. The van der Waals surface area contributed by atoms with E-state index in [2.05, 4.69) is 36.7 Å². The number of benzene rings is 1. The van der Waals surface area contributed by atoms with Gasteiger partial charge in [0.1, 0.15) is 6.04 Å². The Labute approximate surface area is 117 Å². The second-order valence-electron chi connectivity index (χ2n) is 3.87. The lowest BCUT2D eigenvalue weighted by atomic mass is 10.1. The van der Waals surface area contributed by atoms with Gasteiger partial charge < -0.3 is 5.11 Å². The molecule has 1 heterocycles. The molecule has 0 saturated carbocycles. The number of carbonyl (C=O) groups is 1. The molecular formula is C11H12BrN5O2. The Kier molecular flexibility index (Phi) is 4.23. The SMILES string of the molecule is Cn1nnc(CNC(C(=O)O)c2ccccc2Br)n1. The van der Waals surface area contributed by atoms with Crippen molar-refractivity contribution >= 4 is 21.9 Å². The van der Waals surface area contributed by atoms with Crippen LogP contribution in [0.5, 0.6) is 0 Å². The number of aliphatic carboxylic acids is 1. The monoisotopic (exact) mass is 325 g/mol. The van der Waals surface area contributed by atoms with Crippen LogP contribution in [-0.4, -0.2) is 31.3 Å². The Bertz CT molecular complexity index is 586. The molecule has 100 valence electrons. The lowest BCUT2D eigenvalue weighted by Gasteiger charge is -2.15. The van der Waals surface area contributed by atoms with Crippen molar-refractivity contribution in [1.29, 1.82) is 0 Å². The lowest BCUT2D eigenvalue weighted by Crippen LogP contribution is -2.28. The quantitative estimate of drug-likeness (QED) is 0.848. The van der Waals surface area contributed by atoms with Gasteiger partial charge in [0.15, 0.2) is 5.82 Å². The van der Waals surface area contributed by atoms with E-state index in [0.717, 1.165) is 4.47 Å². The van der Waals surface area contributed by atoms with Crippen molar-refractivity contribution in [3.05, 3.63) is 40.1 Å². The summed E-state index contributed by atoms with van der Waals surface area (Å²) in [7, 11) is 1.65. The third-order valence-corrected chi connectivity index (χ3v) is 3.20. The second kappa shape index (κ2) is 5.89. The van der Waals surface area contributed by atoms with Crippen LogP contribution in [0.1, 0.15) is 17.4 Å². The zero-order valence-corrected chi connectivity index (χ0v) is 11.7. The highest BCUT2D eigenvalue weighted by molar-refractivity contribution is 9.10. The molecule has 0 bridgehead atoms. The topological polar surface area (TPSA) is 92.9 Å². The summed E-state index contributed by atoms with van der Waals surface area (Å²) >= 11 is 3.34. The van der Waals surface area contributed by atoms with Crippen LogP contribution in [0.15, 0.2) is 28.7 Å². The molecule has 0 saturated heterocycles. The number of tetrazole rings is 1. The number of aryl methyl sites for hydroxylation is 1. The molecule has 1 aromatic heterocycles. The number of rotatable bonds is 5. The van der Waals surface area contributed by atoms with Crippen LogP contribution in [0, 0.1) is 0 Å². The van der Waals surface area contributed by atoms with Crippen LogP contribution in [0.25, 0.3) is 0 Å². The van der Waals surface area contributed by atoms with Crippen LogP contribution in [0.2, 0.25) is 0 Å². The van der Waals surface area contributed by atoms with E-state index >= 15 is 0 Å². The summed E-state index contributed by atoms with van der Waals surface area (Å²) in [6, 6.07) is 6.34. The first-order valence-electron chi connectivity index (χ1n) is 5.51. The summed E-state index contributed by atoms with van der Waals surface area (Å²) in [6.07, 6.45) is 0. The van der Waals surface area contributed by atoms with E-state index in [0.29, 0.717) is 11.4 Å². The van der Waals surface area contributed by atoms with Gasteiger partial charge >= 0.3 is 5.97 Å². The van der Waals surface area contributed by atoms with Crippen molar-refractivity contribution < 1.29 is 9.90 Å². The molecule has 0 amide bonds. The molecule has 8 heteroatoms. The number of nitrogens with zero attached hydrogens (tertiary/aromatic N) is 4. The summed E-state index contributed by atoms with van der Waals surface area (Å²) in [4.78, 5) is 12.7. The van der Waals surface area contributed by atoms with Gasteiger partial charge in [0.2, 0.25) is 0 Å². The van der Waals surface area contributed by atoms with Crippen LogP contribution in [-0.2, 0) is 18.4 Å². The minimum Gasteiger partial charge on any atom is -0.480 e. The van der Waals surface area contributed by atoms with E-state index in [1.165, 1.54) is 4.80 Å². The summed E-state index contributed by atoms with van der Waals surface area (Å²) in [5.74, 6) is -0.517. The molecule has 0 fully saturated rings. The minimum absolute atomic E-state index is 0.228. The molecular weight excluding hydrogens is 314 g/mol. The highest BCUT2D eigenvalue weighted by Gasteiger charge is 2.21. The minimum atomic E-state index is -0.962. The third kappa shape index (κ3) is 3.36. The molecule has 2 rings (SSSR count). The van der Waals surface area contributed by atoms with Gasteiger partial charge in [-0.3, -0.25) is 10.1 Å². The highest BCUT2D eigenvalue weighted by Crippen LogP contribution is 2.23. The molecule has 2 aromatic rings. The van der Waals surface area contributed by atoms with E-state index in [9.17, 15) is 9.90 Å². The molecule has 7 nitrogen and oxygen atoms in total. The molecule has 0 aliphatic carbocycles. The van der Waals surface area contributed by atoms with E-state index in [-0.39, 0.29) is 6.54 Å². The van der Waals surface area contributed by atoms with Crippen molar-refractivity contribution in [2.24, 2.45) is 7.05 Å².